The second-order valence-electron chi connectivity index (χ2n) is 7.49. The van der Waals surface area contributed by atoms with Gasteiger partial charge in [0.25, 0.3) is 0 Å². The number of methoxy groups -OCH3 is 1. The molecule has 0 aliphatic carbocycles. The Balaban J connectivity index is 1.25. The molecule has 0 aliphatic rings. The number of aromatic nitrogens is 2. The highest BCUT2D eigenvalue weighted by molar-refractivity contribution is 6.35. The Labute approximate surface area is 197 Å². The molecule has 5 nitrogen and oxygen atoms in total. The van der Waals surface area contributed by atoms with E-state index in [-0.39, 0.29) is 0 Å². The molecule has 1 aromatic heterocycles. The number of hydrogen-bond donors (Lipinski definition) is 2. The van der Waals surface area contributed by atoms with Crippen molar-refractivity contribution < 1.29 is 9.47 Å². The molecule has 32 heavy (non-hydrogen) atoms. The molecule has 7 heteroatoms. The van der Waals surface area contributed by atoms with Crippen LogP contribution < -0.4 is 14.8 Å². The van der Waals surface area contributed by atoms with Crippen molar-refractivity contribution in [3.8, 4) is 11.5 Å². The van der Waals surface area contributed by atoms with Gasteiger partial charge >= 0.3 is 0 Å². The smallest absolute Gasteiger partial charge is 0.161 e. The maximum absolute atomic E-state index is 6.23. The molecule has 0 radical (unpaired) electrons. The zero-order chi connectivity index (χ0) is 22.3. The molecule has 2 N–H and O–H groups in total. The number of hydrogen-bond acceptors (Lipinski definition) is 4. The summed E-state index contributed by atoms with van der Waals surface area (Å²) < 4.78 is 11.4. The van der Waals surface area contributed by atoms with Crippen LogP contribution in [0.1, 0.15) is 23.4 Å². The van der Waals surface area contributed by atoms with Crippen molar-refractivity contribution in [3.63, 3.8) is 0 Å². The van der Waals surface area contributed by atoms with Crippen LogP contribution in [0.3, 0.4) is 0 Å². The molecule has 0 unspecified atom stereocenters. The molecular formula is C25H25Cl2N3O2. The molecule has 4 rings (SSSR count). The first-order valence-corrected chi connectivity index (χ1v) is 11.3. The summed E-state index contributed by atoms with van der Waals surface area (Å²) in [6.45, 7) is 1.98. The monoisotopic (exact) mass is 469 g/mol. The number of H-pyrrole nitrogens is 1. The number of rotatable bonds is 10. The predicted molar refractivity (Wildman–Crippen MR) is 130 cm³/mol. The Bertz CT molecular complexity index is 1160. The standard InChI is InChI=1S/C25H25Cl2N3O2/c1-31-24-13-17(8-11-23(24)32-16-18-9-10-19(26)14-20(18)27)15-28-12-4-7-25-29-21-5-2-3-6-22(21)30-25/h2-3,5-6,8-11,13-14,28H,4,7,12,15-16H2,1H3,(H,29,30). The van der Waals surface area contributed by atoms with Crippen molar-refractivity contribution in [2.24, 2.45) is 0 Å². The molecule has 0 bridgehead atoms. The van der Waals surface area contributed by atoms with Crippen molar-refractivity contribution >= 4 is 34.2 Å². The van der Waals surface area contributed by atoms with Crippen LogP contribution in [0.5, 0.6) is 11.5 Å². The van der Waals surface area contributed by atoms with Crippen LogP contribution in [0.15, 0.2) is 60.7 Å². The number of aromatic amines is 1. The summed E-state index contributed by atoms with van der Waals surface area (Å²) in [5.41, 5.74) is 4.10. The molecule has 0 amide bonds. The molecule has 1 heterocycles. The van der Waals surface area contributed by atoms with E-state index in [1.54, 1.807) is 19.2 Å². The van der Waals surface area contributed by atoms with Gasteiger partial charge in [-0.15, -0.1) is 0 Å². The minimum Gasteiger partial charge on any atom is -0.493 e. The molecule has 166 valence electrons. The molecule has 3 aromatic carbocycles. The largest absolute Gasteiger partial charge is 0.493 e. The summed E-state index contributed by atoms with van der Waals surface area (Å²) in [4.78, 5) is 7.99. The van der Waals surface area contributed by atoms with E-state index in [1.165, 1.54) is 0 Å². The van der Waals surface area contributed by atoms with Gasteiger partial charge in [0.1, 0.15) is 12.4 Å². The number of ether oxygens (including phenoxy) is 2. The van der Waals surface area contributed by atoms with E-state index >= 15 is 0 Å². The maximum atomic E-state index is 6.23. The molecule has 0 fully saturated rings. The second kappa shape index (κ2) is 10.7. The summed E-state index contributed by atoms with van der Waals surface area (Å²) in [5, 5.41) is 4.66. The summed E-state index contributed by atoms with van der Waals surface area (Å²) in [6.07, 6.45) is 1.91. The first kappa shape index (κ1) is 22.5. The van der Waals surface area contributed by atoms with E-state index in [0.29, 0.717) is 28.2 Å². The Morgan fingerprint density at radius 1 is 1.00 bits per heavy atom. The number of para-hydroxylation sites is 2. The predicted octanol–water partition coefficient (Wildman–Crippen LogP) is 6.18. The van der Waals surface area contributed by atoms with Gasteiger partial charge in [-0.2, -0.15) is 0 Å². The Morgan fingerprint density at radius 2 is 1.88 bits per heavy atom. The van der Waals surface area contributed by atoms with Crippen molar-refractivity contribution in [1.29, 1.82) is 0 Å². The number of halogens is 2. The third kappa shape index (κ3) is 5.74. The molecule has 0 spiro atoms. The summed E-state index contributed by atoms with van der Waals surface area (Å²) in [5.74, 6) is 2.39. The van der Waals surface area contributed by atoms with Crippen molar-refractivity contribution in [2.45, 2.75) is 26.0 Å². The summed E-state index contributed by atoms with van der Waals surface area (Å²) in [6, 6.07) is 19.4. The third-order valence-electron chi connectivity index (χ3n) is 5.16. The zero-order valence-electron chi connectivity index (χ0n) is 17.8. The molecule has 0 saturated heterocycles. The van der Waals surface area contributed by atoms with Crippen LogP contribution in [0.2, 0.25) is 10.0 Å². The quantitative estimate of drug-likeness (QED) is 0.272. The van der Waals surface area contributed by atoms with E-state index in [4.69, 9.17) is 32.7 Å². The van der Waals surface area contributed by atoms with Gasteiger partial charge in [0.15, 0.2) is 11.5 Å². The molecule has 0 saturated carbocycles. The van der Waals surface area contributed by atoms with Gasteiger partial charge in [0, 0.05) is 28.6 Å². The van der Waals surface area contributed by atoms with Crippen LogP contribution in [-0.2, 0) is 19.6 Å². The summed E-state index contributed by atoms with van der Waals surface area (Å²) >= 11 is 12.2. The second-order valence-corrected chi connectivity index (χ2v) is 8.33. The average Bonchev–Trinajstić information content (AvgIpc) is 3.21. The third-order valence-corrected chi connectivity index (χ3v) is 5.75. The lowest BCUT2D eigenvalue weighted by Gasteiger charge is -2.13. The lowest BCUT2D eigenvalue weighted by molar-refractivity contribution is 0.284. The highest BCUT2D eigenvalue weighted by Crippen LogP contribution is 2.30. The first-order chi connectivity index (χ1) is 15.6. The fraction of sp³-hybridized carbons (Fsp3) is 0.240. The maximum Gasteiger partial charge on any atom is 0.161 e. The topological polar surface area (TPSA) is 59.2 Å². The van der Waals surface area contributed by atoms with Crippen LogP contribution in [-0.4, -0.2) is 23.6 Å². The van der Waals surface area contributed by atoms with Crippen molar-refractivity contribution in [3.05, 3.63) is 87.7 Å². The van der Waals surface area contributed by atoms with Crippen LogP contribution in [0.25, 0.3) is 11.0 Å². The zero-order valence-corrected chi connectivity index (χ0v) is 19.3. The van der Waals surface area contributed by atoms with Crippen LogP contribution in [0, 0.1) is 0 Å². The molecular weight excluding hydrogens is 445 g/mol. The van der Waals surface area contributed by atoms with E-state index < -0.39 is 0 Å². The van der Waals surface area contributed by atoms with E-state index in [9.17, 15) is 0 Å². The van der Waals surface area contributed by atoms with Gasteiger partial charge in [0.2, 0.25) is 0 Å². The van der Waals surface area contributed by atoms with Crippen molar-refractivity contribution in [1.82, 2.24) is 15.3 Å². The number of fused-ring (bicyclic) bond motifs is 1. The number of nitrogens with zero attached hydrogens (tertiary/aromatic N) is 1. The Kier molecular flexibility index (Phi) is 7.53. The van der Waals surface area contributed by atoms with Crippen LogP contribution >= 0.6 is 23.2 Å². The lowest BCUT2D eigenvalue weighted by Crippen LogP contribution is -2.15. The van der Waals surface area contributed by atoms with Crippen LogP contribution in [0.4, 0.5) is 0 Å². The Morgan fingerprint density at radius 3 is 2.69 bits per heavy atom. The SMILES string of the molecule is COc1cc(CNCCCc2nc3ccccc3[nH]2)ccc1OCc1ccc(Cl)cc1Cl. The highest BCUT2D eigenvalue weighted by atomic mass is 35.5. The lowest BCUT2D eigenvalue weighted by atomic mass is 10.2. The number of imidazole rings is 1. The van der Waals surface area contributed by atoms with Gasteiger partial charge in [0.05, 0.1) is 18.1 Å². The van der Waals surface area contributed by atoms with E-state index in [2.05, 4.69) is 21.4 Å². The number of benzene rings is 3. The minimum atomic E-state index is 0.339. The average molecular weight is 470 g/mol. The first-order valence-electron chi connectivity index (χ1n) is 10.5. The van der Waals surface area contributed by atoms with Gasteiger partial charge in [-0.1, -0.05) is 47.5 Å². The number of aryl methyl sites for hydroxylation is 1. The molecule has 0 atom stereocenters. The number of nitrogens with one attached hydrogen (secondary N) is 2. The van der Waals surface area contributed by atoms with Gasteiger partial charge in [-0.3, -0.25) is 0 Å². The van der Waals surface area contributed by atoms with Gasteiger partial charge in [-0.25, -0.2) is 4.98 Å². The highest BCUT2D eigenvalue weighted by Gasteiger charge is 2.08. The van der Waals surface area contributed by atoms with Gasteiger partial charge < -0.3 is 19.8 Å². The van der Waals surface area contributed by atoms with E-state index in [1.807, 2.05) is 42.5 Å². The fourth-order valence-electron chi connectivity index (χ4n) is 3.47. The molecule has 0 aliphatic heterocycles. The summed E-state index contributed by atoms with van der Waals surface area (Å²) in [7, 11) is 1.64. The molecule has 4 aromatic rings. The Hall–Kier alpha value is -2.73. The normalized spacial score (nSPS) is 11.1. The van der Waals surface area contributed by atoms with Gasteiger partial charge in [-0.05, 0) is 54.9 Å². The van der Waals surface area contributed by atoms with Crippen molar-refractivity contribution in [2.75, 3.05) is 13.7 Å². The minimum absolute atomic E-state index is 0.339. The fourth-order valence-corrected chi connectivity index (χ4v) is 3.94. The van der Waals surface area contributed by atoms with E-state index in [0.717, 1.165) is 53.9 Å².